The summed E-state index contributed by atoms with van der Waals surface area (Å²) < 4.78 is 0. The average molecular weight is 522 g/mol. The lowest BCUT2D eigenvalue weighted by Gasteiger charge is -2.33. The molecular weight excluding hydrogens is 482 g/mol. The van der Waals surface area contributed by atoms with Gasteiger partial charge in [0.1, 0.15) is 11.5 Å². The summed E-state index contributed by atoms with van der Waals surface area (Å²) in [4.78, 5) is 17.9. The molecule has 5 heterocycles. The van der Waals surface area contributed by atoms with Crippen LogP contribution in [0, 0.1) is 5.92 Å². The number of nitrogens with one attached hydrogen (secondary N) is 2. The summed E-state index contributed by atoms with van der Waals surface area (Å²) in [6, 6.07) is 6.40. The number of aromatic amines is 2. The number of hydrogen-bond acceptors (Lipinski definition) is 5. The summed E-state index contributed by atoms with van der Waals surface area (Å²) in [5.74, 6) is 1.81. The summed E-state index contributed by atoms with van der Waals surface area (Å²) in [6.07, 6.45) is 18.1. The van der Waals surface area contributed by atoms with Crippen LogP contribution >= 0.6 is 0 Å². The first-order chi connectivity index (χ1) is 19.1. The van der Waals surface area contributed by atoms with Crippen molar-refractivity contribution in [1.82, 2.24) is 30.0 Å². The standard InChI is InChI=1S/C32H39N7/c1-4-22(17-23-9-7-6-8-10-23)18-24(5-2)28-19-25-30(21-34-28)36-37-31(25)29-20-26-27(35-29)11-12-33-32(26)39-15-13-38(3)14-16-39/h4-5,11-12,18-21,23,35H,1,6-10,13-17H2,2-3H3,(H,36,37)/b22-18+,24-5+. The van der Waals surface area contributed by atoms with Crippen molar-refractivity contribution in [1.29, 1.82) is 0 Å². The van der Waals surface area contributed by atoms with E-state index in [1.807, 2.05) is 24.5 Å². The summed E-state index contributed by atoms with van der Waals surface area (Å²) in [5, 5.41) is 10.1. The van der Waals surface area contributed by atoms with E-state index in [9.17, 15) is 0 Å². The number of allylic oxidation sites excluding steroid dienone is 5. The van der Waals surface area contributed by atoms with Crippen LogP contribution in [0.5, 0.6) is 0 Å². The number of hydrogen-bond donors (Lipinski definition) is 2. The van der Waals surface area contributed by atoms with E-state index in [2.05, 4.69) is 64.7 Å². The van der Waals surface area contributed by atoms with Gasteiger partial charge in [0, 0.05) is 43.1 Å². The van der Waals surface area contributed by atoms with Gasteiger partial charge in [0.25, 0.3) is 0 Å². The summed E-state index contributed by atoms with van der Waals surface area (Å²) in [5.41, 5.74) is 7.26. The molecule has 4 aromatic rings. The Bertz CT molecular complexity index is 1520. The smallest absolute Gasteiger partial charge is 0.138 e. The van der Waals surface area contributed by atoms with Crippen molar-refractivity contribution in [3.05, 3.63) is 66.7 Å². The molecule has 1 saturated carbocycles. The molecule has 7 nitrogen and oxygen atoms in total. The number of rotatable bonds is 7. The van der Waals surface area contributed by atoms with E-state index in [4.69, 9.17) is 15.1 Å². The Balaban J connectivity index is 1.32. The molecule has 2 fully saturated rings. The van der Waals surface area contributed by atoms with Crippen LogP contribution in [0.15, 0.2) is 61.0 Å². The van der Waals surface area contributed by atoms with E-state index in [0.717, 1.165) is 88.8 Å². The number of piperazine rings is 1. The summed E-state index contributed by atoms with van der Waals surface area (Å²) in [7, 11) is 2.18. The third kappa shape index (κ3) is 5.28. The van der Waals surface area contributed by atoms with Gasteiger partial charge in [-0.2, -0.15) is 5.10 Å². The molecule has 0 atom stereocenters. The highest BCUT2D eigenvalue weighted by atomic mass is 15.3. The number of fused-ring (bicyclic) bond motifs is 2. The largest absolute Gasteiger partial charge is 0.353 e. The molecule has 39 heavy (non-hydrogen) atoms. The molecule has 0 aromatic carbocycles. The molecule has 2 N–H and O–H groups in total. The maximum absolute atomic E-state index is 4.79. The van der Waals surface area contributed by atoms with Gasteiger partial charge in [-0.1, -0.05) is 50.8 Å². The van der Waals surface area contributed by atoms with Crippen molar-refractivity contribution < 1.29 is 0 Å². The lowest BCUT2D eigenvalue weighted by Crippen LogP contribution is -2.44. The van der Waals surface area contributed by atoms with Crippen molar-refractivity contribution in [2.45, 2.75) is 45.4 Å². The molecule has 1 aliphatic carbocycles. The maximum atomic E-state index is 4.79. The molecule has 0 radical (unpaired) electrons. The van der Waals surface area contributed by atoms with Crippen molar-refractivity contribution in [2.24, 2.45) is 5.92 Å². The van der Waals surface area contributed by atoms with E-state index in [1.165, 1.54) is 37.7 Å². The van der Waals surface area contributed by atoms with E-state index < -0.39 is 0 Å². The zero-order valence-electron chi connectivity index (χ0n) is 23.2. The predicted octanol–water partition coefficient (Wildman–Crippen LogP) is 6.74. The minimum Gasteiger partial charge on any atom is -0.353 e. The highest BCUT2D eigenvalue weighted by Crippen LogP contribution is 2.34. The highest BCUT2D eigenvalue weighted by Gasteiger charge is 2.20. The van der Waals surface area contributed by atoms with Crippen LogP contribution in [-0.2, 0) is 0 Å². The van der Waals surface area contributed by atoms with E-state index >= 15 is 0 Å². The fourth-order valence-corrected chi connectivity index (χ4v) is 6.15. The molecule has 0 unspecified atom stereocenters. The van der Waals surface area contributed by atoms with Gasteiger partial charge in [0.2, 0.25) is 0 Å². The zero-order valence-corrected chi connectivity index (χ0v) is 23.2. The SMILES string of the molecule is C=C/C(=C\C(=C/C)c1cc2c(-c3cc4c(N5CCN(C)CC5)nccc4[nH]3)n[nH]c2cn1)CC1CCCCC1. The van der Waals surface area contributed by atoms with Crippen LogP contribution in [-0.4, -0.2) is 63.3 Å². The Labute approximate surface area is 230 Å². The molecule has 0 amide bonds. The topological polar surface area (TPSA) is 76.7 Å². The molecule has 0 bridgehead atoms. The maximum Gasteiger partial charge on any atom is 0.138 e. The van der Waals surface area contributed by atoms with E-state index in [1.54, 1.807) is 0 Å². The first-order valence-corrected chi connectivity index (χ1v) is 14.4. The van der Waals surface area contributed by atoms with Crippen molar-refractivity contribution >= 4 is 33.2 Å². The average Bonchev–Trinajstić information content (AvgIpc) is 3.60. The third-order valence-electron chi connectivity index (χ3n) is 8.49. The third-order valence-corrected chi connectivity index (χ3v) is 8.49. The Morgan fingerprint density at radius 2 is 1.87 bits per heavy atom. The fraction of sp³-hybridized carbons (Fsp3) is 0.406. The summed E-state index contributed by atoms with van der Waals surface area (Å²) in [6.45, 7) is 10.3. The van der Waals surface area contributed by atoms with Gasteiger partial charge in [0.15, 0.2) is 0 Å². The molecule has 2 aliphatic rings. The highest BCUT2D eigenvalue weighted by molar-refractivity contribution is 5.99. The summed E-state index contributed by atoms with van der Waals surface area (Å²) >= 11 is 0. The van der Waals surface area contributed by atoms with Crippen LogP contribution in [0.25, 0.3) is 38.8 Å². The lowest BCUT2D eigenvalue weighted by atomic mass is 9.84. The van der Waals surface area contributed by atoms with Crippen LogP contribution in [0.4, 0.5) is 5.82 Å². The van der Waals surface area contributed by atoms with Gasteiger partial charge >= 0.3 is 0 Å². The van der Waals surface area contributed by atoms with Crippen LogP contribution < -0.4 is 4.90 Å². The molecular formula is C32H39N7. The molecule has 1 saturated heterocycles. The van der Waals surface area contributed by atoms with E-state index in [0.29, 0.717) is 0 Å². The number of nitrogens with zero attached hydrogens (tertiary/aromatic N) is 5. The molecule has 6 rings (SSSR count). The van der Waals surface area contributed by atoms with Crippen molar-refractivity contribution in [3.8, 4) is 11.4 Å². The van der Waals surface area contributed by atoms with Gasteiger partial charge in [-0.3, -0.25) is 10.1 Å². The van der Waals surface area contributed by atoms with Gasteiger partial charge in [-0.15, -0.1) is 0 Å². The van der Waals surface area contributed by atoms with Gasteiger partial charge in [-0.05, 0) is 61.7 Å². The normalized spacial score (nSPS) is 18.4. The lowest BCUT2D eigenvalue weighted by molar-refractivity contribution is 0.312. The Morgan fingerprint density at radius 3 is 2.64 bits per heavy atom. The van der Waals surface area contributed by atoms with Crippen LogP contribution in [0.3, 0.4) is 0 Å². The van der Waals surface area contributed by atoms with Crippen molar-refractivity contribution in [2.75, 3.05) is 38.1 Å². The molecule has 4 aromatic heterocycles. The monoisotopic (exact) mass is 521 g/mol. The van der Waals surface area contributed by atoms with Crippen LogP contribution in [0.2, 0.25) is 0 Å². The minimum atomic E-state index is 0.768. The van der Waals surface area contributed by atoms with Gasteiger partial charge in [-0.25, -0.2) is 4.98 Å². The second-order valence-electron chi connectivity index (χ2n) is 11.1. The first kappa shape index (κ1) is 25.6. The Hall–Kier alpha value is -3.71. The predicted molar refractivity (Wildman–Crippen MR) is 162 cm³/mol. The minimum absolute atomic E-state index is 0.768. The number of aromatic nitrogens is 5. The van der Waals surface area contributed by atoms with Crippen LogP contribution in [0.1, 0.15) is 51.1 Å². The van der Waals surface area contributed by atoms with Crippen molar-refractivity contribution in [3.63, 3.8) is 0 Å². The zero-order chi connectivity index (χ0) is 26.8. The second kappa shape index (κ2) is 11.2. The quantitative estimate of drug-likeness (QED) is 0.263. The second-order valence-corrected chi connectivity index (χ2v) is 11.1. The fourth-order valence-electron chi connectivity index (χ4n) is 6.15. The van der Waals surface area contributed by atoms with Gasteiger partial charge < -0.3 is 14.8 Å². The van der Waals surface area contributed by atoms with Gasteiger partial charge in [0.05, 0.1) is 28.6 Å². The number of likely N-dealkylation sites (N-methyl/N-ethyl adjacent to an activating group) is 1. The molecule has 202 valence electrons. The first-order valence-electron chi connectivity index (χ1n) is 14.4. The molecule has 7 heteroatoms. The molecule has 1 aliphatic heterocycles. The Kier molecular flexibility index (Phi) is 7.33. The number of pyridine rings is 2. The van der Waals surface area contributed by atoms with E-state index in [-0.39, 0.29) is 0 Å². The number of H-pyrrole nitrogens is 2. The number of anilines is 1. The Morgan fingerprint density at radius 1 is 1.05 bits per heavy atom. The molecule has 0 spiro atoms.